The van der Waals surface area contributed by atoms with Crippen molar-refractivity contribution in [1.29, 1.82) is 0 Å². The molecule has 18 heavy (non-hydrogen) atoms. The molecule has 0 radical (unpaired) electrons. The fraction of sp³-hybridized carbons (Fsp3) is 0.385. The van der Waals surface area contributed by atoms with Crippen LogP contribution in [0, 0.1) is 0 Å². The lowest BCUT2D eigenvalue weighted by atomic mass is 10.1. The van der Waals surface area contributed by atoms with Crippen LogP contribution in [0.15, 0.2) is 24.3 Å². The monoisotopic (exact) mass is 248 g/mol. The number of carbonyl (C=O) groups is 2. The highest BCUT2D eigenvalue weighted by atomic mass is 16.5. The topological polar surface area (TPSA) is 49.9 Å². The molecule has 1 fully saturated rings. The number of hydrogen-bond donors (Lipinski definition) is 0. The van der Waals surface area contributed by atoms with E-state index in [-0.39, 0.29) is 12.0 Å². The van der Waals surface area contributed by atoms with Crippen LogP contribution in [0.5, 0.6) is 0 Å². The first-order valence-corrected chi connectivity index (χ1v) is 5.79. The molecule has 0 unspecified atom stereocenters. The van der Waals surface area contributed by atoms with E-state index >= 15 is 0 Å². The number of amides is 2. The Labute approximate surface area is 106 Å². The van der Waals surface area contributed by atoms with Crippen LogP contribution in [-0.2, 0) is 11.3 Å². The second-order valence-corrected chi connectivity index (χ2v) is 4.27. The van der Waals surface area contributed by atoms with Gasteiger partial charge in [-0.25, -0.2) is 9.59 Å². The van der Waals surface area contributed by atoms with Gasteiger partial charge in [-0.1, -0.05) is 18.2 Å². The first-order valence-electron chi connectivity index (χ1n) is 5.79. The Hall–Kier alpha value is -2.04. The smallest absolute Gasteiger partial charge is 0.338 e. The standard InChI is InChI=1S/C13H16N2O3/c1-14-7-8-15(13(14)17)9-10-5-3-4-6-11(10)12(16)18-2/h3-6H,7-9H2,1-2H3. The first-order chi connectivity index (χ1) is 8.63. The summed E-state index contributed by atoms with van der Waals surface area (Å²) in [5.74, 6) is -0.370. The summed E-state index contributed by atoms with van der Waals surface area (Å²) in [6.07, 6.45) is 0. The highest BCUT2D eigenvalue weighted by Crippen LogP contribution is 2.16. The number of methoxy groups -OCH3 is 1. The van der Waals surface area contributed by atoms with Crippen molar-refractivity contribution in [3.63, 3.8) is 0 Å². The molecule has 0 N–H and O–H groups in total. The molecule has 0 bridgehead atoms. The Bertz CT molecular complexity index is 473. The van der Waals surface area contributed by atoms with Gasteiger partial charge in [0, 0.05) is 26.7 Å². The van der Waals surface area contributed by atoms with Crippen molar-refractivity contribution in [2.75, 3.05) is 27.2 Å². The first kappa shape index (κ1) is 12.4. The van der Waals surface area contributed by atoms with Crippen molar-refractivity contribution >= 4 is 12.0 Å². The molecule has 2 rings (SSSR count). The number of urea groups is 1. The van der Waals surface area contributed by atoms with Crippen LogP contribution in [0.1, 0.15) is 15.9 Å². The lowest BCUT2D eigenvalue weighted by Crippen LogP contribution is -2.29. The quantitative estimate of drug-likeness (QED) is 0.758. The number of rotatable bonds is 3. The minimum absolute atomic E-state index is 0.00494. The fourth-order valence-corrected chi connectivity index (χ4v) is 2.02. The molecule has 1 aromatic rings. The van der Waals surface area contributed by atoms with E-state index in [4.69, 9.17) is 4.74 Å². The van der Waals surface area contributed by atoms with Crippen molar-refractivity contribution in [2.24, 2.45) is 0 Å². The maximum Gasteiger partial charge on any atom is 0.338 e. The summed E-state index contributed by atoms with van der Waals surface area (Å²) in [7, 11) is 3.13. The van der Waals surface area contributed by atoms with Crippen LogP contribution < -0.4 is 0 Å². The summed E-state index contributed by atoms with van der Waals surface area (Å²) in [4.78, 5) is 26.8. The predicted octanol–water partition coefficient (Wildman–Crippen LogP) is 1.34. The van der Waals surface area contributed by atoms with Crippen molar-refractivity contribution < 1.29 is 14.3 Å². The van der Waals surface area contributed by atoms with Crippen LogP contribution in [0.3, 0.4) is 0 Å². The van der Waals surface area contributed by atoms with Crippen molar-refractivity contribution in [3.05, 3.63) is 35.4 Å². The van der Waals surface area contributed by atoms with Gasteiger partial charge < -0.3 is 14.5 Å². The summed E-state index contributed by atoms with van der Waals surface area (Å²) < 4.78 is 4.74. The van der Waals surface area contributed by atoms with Gasteiger partial charge in [-0.3, -0.25) is 0 Å². The Morgan fingerprint density at radius 2 is 2.06 bits per heavy atom. The molecule has 5 nitrogen and oxygen atoms in total. The van der Waals surface area contributed by atoms with E-state index in [0.29, 0.717) is 18.7 Å². The molecule has 1 heterocycles. The molecule has 0 atom stereocenters. The van der Waals surface area contributed by atoms with Crippen LogP contribution in [0.4, 0.5) is 4.79 Å². The van der Waals surface area contributed by atoms with Crippen LogP contribution in [0.25, 0.3) is 0 Å². The van der Waals surface area contributed by atoms with Gasteiger partial charge in [-0.2, -0.15) is 0 Å². The minimum Gasteiger partial charge on any atom is -0.465 e. The number of benzene rings is 1. The fourth-order valence-electron chi connectivity index (χ4n) is 2.02. The number of likely N-dealkylation sites (N-methyl/N-ethyl adjacent to an activating group) is 1. The van der Waals surface area contributed by atoms with E-state index in [9.17, 15) is 9.59 Å². The number of esters is 1. The highest BCUT2D eigenvalue weighted by Gasteiger charge is 2.26. The third-order valence-corrected chi connectivity index (χ3v) is 3.09. The summed E-state index contributed by atoms with van der Waals surface area (Å²) in [6, 6.07) is 7.19. The molecule has 96 valence electrons. The predicted molar refractivity (Wildman–Crippen MR) is 66.2 cm³/mol. The zero-order valence-electron chi connectivity index (χ0n) is 10.5. The van der Waals surface area contributed by atoms with E-state index < -0.39 is 0 Å². The largest absolute Gasteiger partial charge is 0.465 e. The van der Waals surface area contributed by atoms with E-state index in [0.717, 1.165) is 12.1 Å². The number of ether oxygens (including phenoxy) is 1. The maximum atomic E-state index is 11.8. The summed E-state index contributed by atoms with van der Waals surface area (Å²) in [6.45, 7) is 1.85. The molecular formula is C13H16N2O3. The van der Waals surface area contributed by atoms with Crippen LogP contribution in [-0.4, -0.2) is 49.0 Å². The van der Waals surface area contributed by atoms with Crippen molar-refractivity contribution in [1.82, 2.24) is 9.80 Å². The molecule has 1 aromatic carbocycles. The van der Waals surface area contributed by atoms with Crippen molar-refractivity contribution in [3.8, 4) is 0 Å². The van der Waals surface area contributed by atoms with Gasteiger partial charge in [-0.05, 0) is 11.6 Å². The van der Waals surface area contributed by atoms with Gasteiger partial charge in [0.1, 0.15) is 0 Å². The van der Waals surface area contributed by atoms with E-state index in [1.165, 1.54) is 7.11 Å². The average molecular weight is 248 g/mol. The number of carbonyl (C=O) groups excluding carboxylic acids is 2. The maximum absolute atomic E-state index is 11.8. The third kappa shape index (κ3) is 2.30. The minimum atomic E-state index is -0.370. The van der Waals surface area contributed by atoms with Gasteiger partial charge in [0.25, 0.3) is 0 Å². The SMILES string of the molecule is COC(=O)c1ccccc1CN1CCN(C)C1=O. The van der Waals surface area contributed by atoms with Crippen molar-refractivity contribution in [2.45, 2.75) is 6.54 Å². The molecule has 5 heteroatoms. The second kappa shape index (κ2) is 5.08. The van der Waals surface area contributed by atoms with Gasteiger partial charge in [0.05, 0.1) is 12.7 Å². The third-order valence-electron chi connectivity index (χ3n) is 3.09. The molecule has 1 saturated heterocycles. The summed E-state index contributed by atoms with van der Waals surface area (Å²) in [5, 5.41) is 0. The molecule has 0 aromatic heterocycles. The summed E-state index contributed by atoms with van der Waals surface area (Å²) >= 11 is 0. The van der Waals surface area contributed by atoms with Gasteiger partial charge >= 0.3 is 12.0 Å². The zero-order valence-corrected chi connectivity index (χ0v) is 10.5. The zero-order chi connectivity index (χ0) is 13.1. The van der Waals surface area contributed by atoms with E-state index in [2.05, 4.69) is 0 Å². The van der Waals surface area contributed by atoms with Gasteiger partial charge in [-0.15, -0.1) is 0 Å². The van der Waals surface area contributed by atoms with Crippen LogP contribution in [0.2, 0.25) is 0 Å². The normalized spacial score (nSPS) is 15.1. The Morgan fingerprint density at radius 3 is 2.67 bits per heavy atom. The van der Waals surface area contributed by atoms with Crippen LogP contribution >= 0.6 is 0 Å². The number of nitrogens with zero attached hydrogens (tertiary/aromatic N) is 2. The Morgan fingerprint density at radius 1 is 1.33 bits per heavy atom. The van der Waals surface area contributed by atoms with Gasteiger partial charge in [0.15, 0.2) is 0 Å². The Kier molecular flexibility index (Phi) is 3.50. The Balaban J connectivity index is 2.19. The lowest BCUT2D eigenvalue weighted by molar-refractivity contribution is 0.0598. The molecule has 0 spiro atoms. The molecule has 0 aliphatic carbocycles. The molecule has 1 aliphatic rings. The molecule has 2 amide bonds. The lowest BCUT2D eigenvalue weighted by Gasteiger charge is -2.17. The molecular weight excluding hydrogens is 232 g/mol. The van der Waals surface area contributed by atoms with E-state index in [1.54, 1.807) is 29.0 Å². The summed E-state index contributed by atoms with van der Waals surface area (Å²) in [5.41, 5.74) is 1.33. The average Bonchev–Trinajstić information content (AvgIpc) is 2.70. The molecule has 1 aliphatic heterocycles. The number of hydrogen-bond acceptors (Lipinski definition) is 3. The highest BCUT2D eigenvalue weighted by molar-refractivity contribution is 5.91. The van der Waals surface area contributed by atoms with Gasteiger partial charge in [0.2, 0.25) is 0 Å². The second-order valence-electron chi connectivity index (χ2n) is 4.27. The molecule has 0 saturated carbocycles. The van der Waals surface area contributed by atoms with E-state index in [1.807, 2.05) is 12.1 Å².